The Morgan fingerprint density at radius 2 is 1.95 bits per heavy atom. The molecule has 1 aliphatic carbocycles. The van der Waals surface area contributed by atoms with Gasteiger partial charge in [-0.15, -0.1) is 0 Å². The van der Waals surface area contributed by atoms with E-state index in [0.717, 1.165) is 37.1 Å². The third-order valence-electron chi connectivity index (χ3n) is 4.92. The Morgan fingerprint density at radius 3 is 2.75 bits per heavy atom. The average Bonchev–Trinajstić information content (AvgIpc) is 2.51. The van der Waals surface area contributed by atoms with Gasteiger partial charge >= 0.3 is 0 Å². The summed E-state index contributed by atoms with van der Waals surface area (Å²) >= 11 is 6.33. The second-order valence-corrected chi connectivity index (χ2v) is 6.64. The molecule has 3 heteroatoms. The standard InChI is InChI=1S/C17H25ClN2/c18-16-9-5-4-8-15(16)13-20-11-10-19-12-17(20)14-6-2-1-3-7-14/h4-5,8-9,14,17,19H,1-3,6-7,10-13H2. The Hall–Kier alpha value is -0.570. The molecule has 0 amide bonds. The van der Waals surface area contributed by atoms with Crippen LogP contribution in [0.3, 0.4) is 0 Å². The smallest absolute Gasteiger partial charge is 0.0451 e. The van der Waals surface area contributed by atoms with Gasteiger partial charge in [-0.25, -0.2) is 0 Å². The molecule has 0 spiro atoms. The molecule has 0 bridgehead atoms. The molecule has 2 nitrogen and oxygen atoms in total. The van der Waals surface area contributed by atoms with Gasteiger partial charge in [-0.2, -0.15) is 0 Å². The summed E-state index contributed by atoms with van der Waals surface area (Å²) in [5, 5.41) is 4.50. The Bertz CT molecular complexity index is 429. The molecule has 1 atom stereocenters. The van der Waals surface area contributed by atoms with E-state index >= 15 is 0 Å². The van der Waals surface area contributed by atoms with Gasteiger partial charge in [0.15, 0.2) is 0 Å². The number of piperazine rings is 1. The van der Waals surface area contributed by atoms with Crippen LogP contribution in [0.25, 0.3) is 0 Å². The Labute approximate surface area is 127 Å². The summed E-state index contributed by atoms with van der Waals surface area (Å²) in [5.41, 5.74) is 1.27. The minimum atomic E-state index is 0.695. The first-order valence-corrected chi connectivity index (χ1v) is 8.40. The predicted molar refractivity (Wildman–Crippen MR) is 85.1 cm³/mol. The van der Waals surface area contributed by atoms with Crippen molar-refractivity contribution >= 4 is 11.6 Å². The van der Waals surface area contributed by atoms with Crippen molar-refractivity contribution in [1.82, 2.24) is 10.2 Å². The highest BCUT2D eigenvalue weighted by Gasteiger charge is 2.30. The lowest BCUT2D eigenvalue weighted by Crippen LogP contribution is -2.54. The minimum absolute atomic E-state index is 0.695. The molecule has 0 aromatic heterocycles. The highest BCUT2D eigenvalue weighted by Crippen LogP contribution is 2.31. The predicted octanol–water partition coefficient (Wildman–Crippen LogP) is 3.69. The van der Waals surface area contributed by atoms with Crippen LogP contribution in [0.2, 0.25) is 5.02 Å². The van der Waals surface area contributed by atoms with Crippen LogP contribution in [0, 0.1) is 5.92 Å². The SMILES string of the molecule is Clc1ccccc1CN1CCNCC1C1CCCCC1. The maximum Gasteiger partial charge on any atom is 0.0451 e. The molecular formula is C17H25ClN2. The number of benzene rings is 1. The van der Waals surface area contributed by atoms with E-state index in [1.165, 1.54) is 37.7 Å². The fourth-order valence-electron chi connectivity index (χ4n) is 3.79. The van der Waals surface area contributed by atoms with Crippen LogP contribution in [0.15, 0.2) is 24.3 Å². The van der Waals surface area contributed by atoms with E-state index in [-0.39, 0.29) is 0 Å². The lowest BCUT2D eigenvalue weighted by Gasteiger charge is -2.42. The van der Waals surface area contributed by atoms with Gasteiger partial charge < -0.3 is 5.32 Å². The molecule has 2 aliphatic rings. The number of nitrogens with zero attached hydrogens (tertiary/aromatic N) is 1. The molecule has 3 rings (SSSR count). The molecule has 1 unspecified atom stereocenters. The van der Waals surface area contributed by atoms with Crippen molar-refractivity contribution in [1.29, 1.82) is 0 Å². The molecule has 1 aliphatic heterocycles. The molecule has 2 fully saturated rings. The summed E-state index contributed by atoms with van der Waals surface area (Å²) in [6.45, 7) is 4.40. The van der Waals surface area contributed by atoms with Crippen LogP contribution < -0.4 is 5.32 Å². The molecule has 20 heavy (non-hydrogen) atoms. The number of halogens is 1. The normalized spacial score (nSPS) is 25.8. The van der Waals surface area contributed by atoms with Crippen LogP contribution in [-0.2, 0) is 6.54 Å². The van der Waals surface area contributed by atoms with E-state index in [4.69, 9.17) is 11.6 Å². The molecule has 1 N–H and O–H groups in total. The second kappa shape index (κ2) is 6.93. The van der Waals surface area contributed by atoms with E-state index < -0.39 is 0 Å². The van der Waals surface area contributed by atoms with Crippen LogP contribution in [-0.4, -0.2) is 30.6 Å². The van der Waals surface area contributed by atoms with Crippen LogP contribution >= 0.6 is 11.6 Å². The third-order valence-corrected chi connectivity index (χ3v) is 5.29. The van der Waals surface area contributed by atoms with Crippen LogP contribution in [0.4, 0.5) is 0 Å². The van der Waals surface area contributed by atoms with Crippen molar-refractivity contribution in [3.63, 3.8) is 0 Å². The fourth-order valence-corrected chi connectivity index (χ4v) is 3.99. The topological polar surface area (TPSA) is 15.3 Å². The van der Waals surface area contributed by atoms with Gasteiger partial charge in [0.2, 0.25) is 0 Å². The summed E-state index contributed by atoms with van der Waals surface area (Å²) in [5.74, 6) is 0.874. The summed E-state index contributed by atoms with van der Waals surface area (Å²) in [4.78, 5) is 2.66. The zero-order valence-electron chi connectivity index (χ0n) is 12.2. The molecule has 1 heterocycles. The molecule has 1 aromatic carbocycles. The monoisotopic (exact) mass is 292 g/mol. The Balaban J connectivity index is 1.70. The van der Waals surface area contributed by atoms with E-state index in [0.29, 0.717) is 6.04 Å². The molecule has 1 saturated carbocycles. The number of hydrogen-bond acceptors (Lipinski definition) is 2. The van der Waals surface area contributed by atoms with Gasteiger partial charge in [-0.1, -0.05) is 49.1 Å². The molecule has 110 valence electrons. The lowest BCUT2D eigenvalue weighted by atomic mass is 9.82. The van der Waals surface area contributed by atoms with Crippen molar-refractivity contribution in [3.8, 4) is 0 Å². The van der Waals surface area contributed by atoms with E-state index in [1.54, 1.807) is 0 Å². The summed E-state index contributed by atoms with van der Waals surface area (Å²) < 4.78 is 0. The Kier molecular flexibility index (Phi) is 4.98. The Morgan fingerprint density at radius 1 is 1.15 bits per heavy atom. The quantitative estimate of drug-likeness (QED) is 0.914. The first-order chi connectivity index (χ1) is 9.84. The largest absolute Gasteiger partial charge is 0.314 e. The van der Waals surface area contributed by atoms with Gasteiger partial charge in [0.05, 0.1) is 0 Å². The minimum Gasteiger partial charge on any atom is -0.314 e. The molecule has 0 radical (unpaired) electrons. The van der Waals surface area contributed by atoms with Gasteiger partial charge in [-0.05, 0) is 30.4 Å². The summed E-state index contributed by atoms with van der Waals surface area (Å²) in [6.07, 6.45) is 7.08. The zero-order valence-corrected chi connectivity index (χ0v) is 12.9. The third kappa shape index (κ3) is 3.36. The molecule has 1 aromatic rings. The highest BCUT2D eigenvalue weighted by atomic mass is 35.5. The lowest BCUT2D eigenvalue weighted by molar-refractivity contribution is 0.0860. The summed E-state index contributed by atoms with van der Waals surface area (Å²) in [7, 11) is 0. The van der Waals surface area contributed by atoms with Gasteiger partial charge in [-0.3, -0.25) is 4.90 Å². The number of nitrogens with one attached hydrogen (secondary N) is 1. The van der Waals surface area contributed by atoms with Gasteiger partial charge in [0, 0.05) is 37.2 Å². The maximum absolute atomic E-state index is 6.33. The van der Waals surface area contributed by atoms with Crippen LogP contribution in [0.5, 0.6) is 0 Å². The van der Waals surface area contributed by atoms with E-state index in [1.807, 2.05) is 12.1 Å². The summed E-state index contributed by atoms with van der Waals surface area (Å²) in [6, 6.07) is 8.98. The van der Waals surface area contributed by atoms with Crippen molar-refractivity contribution in [3.05, 3.63) is 34.9 Å². The van der Waals surface area contributed by atoms with Crippen molar-refractivity contribution in [2.24, 2.45) is 5.92 Å². The highest BCUT2D eigenvalue weighted by molar-refractivity contribution is 6.31. The first-order valence-electron chi connectivity index (χ1n) is 8.03. The second-order valence-electron chi connectivity index (χ2n) is 6.23. The number of hydrogen-bond donors (Lipinski definition) is 1. The van der Waals surface area contributed by atoms with Gasteiger partial charge in [0.25, 0.3) is 0 Å². The van der Waals surface area contributed by atoms with Crippen molar-refractivity contribution in [2.45, 2.75) is 44.7 Å². The zero-order chi connectivity index (χ0) is 13.8. The first kappa shape index (κ1) is 14.4. The van der Waals surface area contributed by atoms with E-state index in [9.17, 15) is 0 Å². The van der Waals surface area contributed by atoms with E-state index in [2.05, 4.69) is 22.3 Å². The van der Waals surface area contributed by atoms with Gasteiger partial charge in [0.1, 0.15) is 0 Å². The molecule has 1 saturated heterocycles. The fraction of sp³-hybridized carbons (Fsp3) is 0.647. The van der Waals surface area contributed by atoms with Crippen molar-refractivity contribution in [2.75, 3.05) is 19.6 Å². The number of rotatable bonds is 3. The average molecular weight is 293 g/mol. The maximum atomic E-state index is 6.33. The van der Waals surface area contributed by atoms with Crippen LogP contribution in [0.1, 0.15) is 37.7 Å². The molecular weight excluding hydrogens is 268 g/mol. The van der Waals surface area contributed by atoms with Crippen molar-refractivity contribution < 1.29 is 0 Å².